The van der Waals surface area contributed by atoms with E-state index in [0.717, 1.165) is 5.56 Å². The second-order valence-electron chi connectivity index (χ2n) is 5.29. The molecule has 0 aliphatic rings. The van der Waals surface area contributed by atoms with Crippen molar-refractivity contribution >= 4 is 23.7 Å². The number of urea groups is 1. The summed E-state index contributed by atoms with van der Waals surface area (Å²) in [6, 6.07) is 2.12. The number of aryl methyl sites for hydroxylation is 1. The third-order valence-corrected chi connectivity index (χ3v) is 2.71. The quantitative estimate of drug-likeness (QED) is 0.690. The molecule has 0 fully saturated rings. The van der Waals surface area contributed by atoms with Crippen molar-refractivity contribution in [2.24, 2.45) is 0 Å². The van der Waals surface area contributed by atoms with Crippen molar-refractivity contribution in [2.45, 2.75) is 13.1 Å². The second kappa shape index (κ2) is 8.97. The lowest BCUT2D eigenvalue weighted by Crippen LogP contribution is -2.47. The van der Waals surface area contributed by atoms with Crippen LogP contribution >= 0.6 is 0 Å². The molecule has 0 unspecified atom stereocenters. The van der Waals surface area contributed by atoms with Crippen LogP contribution in [0.15, 0.2) is 18.3 Å². The Hall–Kier alpha value is -2.69. The number of hydrogen-bond acceptors (Lipinski definition) is 5. The van der Waals surface area contributed by atoms with Crippen LogP contribution in [0.3, 0.4) is 0 Å². The SMILES string of the molecule is Cc1ccc(NC(=O)CN(C)CC(=O)NC(=O)NCC(F)(F)F)nc1. The number of carbonyl (C=O) groups is 3. The van der Waals surface area contributed by atoms with Crippen LogP contribution < -0.4 is 16.0 Å². The van der Waals surface area contributed by atoms with Gasteiger partial charge in [0.15, 0.2) is 0 Å². The van der Waals surface area contributed by atoms with Gasteiger partial charge >= 0.3 is 12.2 Å². The van der Waals surface area contributed by atoms with Crippen molar-refractivity contribution in [1.29, 1.82) is 0 Å². The number of pyridine rings is 1. The molecule has 1 aromatic heterocycles. The summed E-state index contributed by atoms with van der Waals surface area (Å²) < 4.78 is 35.8. The van der Waals surface area contributed by atoms with E-state index in [9.17, 15) is 27.6 Å². The fourth-order valence-corrected chi connectivity index (χ4v) is 1.66. The summed E-state index contributed by atoms with van der Waals surface area (Å²) >= 11 is 0. The minimum atomic E-state index is -4.57. The topological polar surface area (TPSA) is 103 Å². The maximum Gasteiger partial charge on any atom is 0.405 e. The molecule has 0 aliphatic heterocycles. The third kappa shape index (κ3) is 9.25. The van der Waals surface area contributed by atoms with Crippen LogP contribution in [0.25, 0.3) is 0 Å². The first-order chi connectivity index (χ1) is 11.5. The molecular formula is C14H18F3N5O3. The zero-order chi connectivity index (χ0) is 19.0. The fourth-order valence-electron chi connectivity index (χ4n) is 1.66. The fraction of sp³-hybridized carbons (Fsp3) is 0.429. The van der Waals surface area contributed by atoms with Gasteiger partial charge in [-0.2, -0.15) is 13.2 Å². The average Bonchev–Trinajstić information content (AvgIpc) is 2.46. The highest BCUT2D eigenvalue weighted by atomic mass is 19.4. The van der Waals surface area contributed by atoms with Gasteiger partial charge in [0.1, 0.15) is 12.4 Å². The molecule has 4 amide bonds. The normalized spacial score (nSPS) is 11.1. The summed E-state index contributed by atoms with van der Waals surface area (Å²) in [5, 5.41) is 5.76. The second-order valence-corrected chi connectivity index (χ2v) is 5.29. The molecule has 0 saturated heterocycles. The number of carbonyl (C=O) groups excluding carboxylic acids is 3. The first-order valence-corrected chi connectivity index (χ1v) is 7.10. The Morgan fingerprint density at radius 3 is 2.36 bits per heavy atom. The third-order valence-electron chi connectivity index (χ3n) is 2.71. The van der Waals surface area contributed by atoms with E-state index >= 15 is 0 Å². The highest BCUT2D eigenvalue weighted by Gasteiger charge is 2.28. The van der Waals surface area contributed by atoms with Crippen LogP contribution in [-0.4, -0.2) is 60.6 Å². The highest BCUT2D eigenvalue weighted by molar-refractivity contribution is 5.96. The zero-order valence-electron chi connectivity index (χ0n) is 13.6. The van der Waals surface area contributed by atoms with E-state index in [4.69, 9.17) is 0 Å². The number of amides is 4. The van der Waals surface area contributed by atoms with Crippen LogP contribution in [-0.2, 0) is 9.59 Å². The van der Waals surface area contributed by atoms with E-state index < -0.39 is 30.6 Å². The molecule has 0 aromatic carbocycles. The lowest BCUT2D eigenvalue weighted by Gasteiger charge is -2.16. The minimum Gasteiger partial charge on any atom is -0.329 e. The lowest BCUT2D eigenvalue weighted by atomic mass is 10.3. The first-order valence-electron chi connectivity index (χ1n) is 7.10. The smallest absolute Gasteiger partial charge is 0.329 e. The lowest BCUT2D eigenvalue weighted by molar-refractivity contribution is -0.125. The number of alkyl halides is 3. The van der Waals surface area contributed by atoms with Crippen molar-refractivity contribution < 1.29 is 27.6 Å². The first kappa shape index (κ1) is 20.4. The summed E-state index contributed by atoms with van der Waals surface area (Å²) in [4.78, 5) is 39.7. The van der Waals surface area contributed by atoms with Gasteiger partial charge in [-0.3, -0.25) is 19.8 Å². The number of anilines is 1. The van der Waals surface area contributed by atoms with Crippen LogP contribution in [0, 0.1) is 6.92 Å². The van der Waals surface area contributed by atoms with Gasteiger partial charge in [-0.05, 0) is 25.6 Å². The van der Waals surface area contributed by atoms with Gasteiger partial charge in [-0.15, -0.1) is 0 Å². The predicted octanol–water partition coefficient (Wildman–Crippen LogP) is 0.648. The largest absolute Gasteiger partial charge is 0.405 e. The van der Waals surface area contributed by atoms with E-state index in [2.05, 4.69) is 10.3 Å². The molecule has 0 spiro atoms. The predicted molar refractivity (Wildman–Crippen MR) is 82.7 cm³/mol. The maximum absolute atomic E-state index is 11.9. The Bertz CT molecular complexity index is 619. The van der Waals surface area contributed by atoms with Crippen molar-refractivity contribution in [3.05, 3.63) is 23.9 Å². The zero-order valence-corrected chi connectivity index (χ0v) is 13.6. The summed E-state index contributed by atoms with van der Waals surface area (Å²) in [7, 11) is 1.44. The molecule has 11 heteroatoms. The Balaban J connectivity index is 2.33. The molecule has 1 rings (SSSR count). The Kier molecular flexibility index (Phi) is 7.30. The van der Waals surface area contributed by atoms with Crippen molar-refractivity contribution in [3.63, 3.8) is 0 Å². The van der Waals surface area contributed by atoms with Crippen molar-refractivity contribution in [2.75, 3.05) is 32.0 Å². The van der Waals surface area contributed by atoms with Crippen LogP contribution in [0.2, 0.25) is 0 Å². The number of aromatic nitrogens is 1. The molecule has 1 aromatic rings. The van der Waals surface area contributed by atoms with Gasteiger partial charge in [0.25, 0.3) is 0 Å². The monoisotopic (exact) mass is 361 g/mol. The molecule has 25 heavy (non-hydrogen) atoms. The molecule has 0 radical (unpaired) electrons. The molecule has 0 bridgehead atoms. The molecule has 1 heterocycles. The van der Waals surface area contributed by atoms with Gasteiger partial charge in [0.2, 0.25) is 11.8 Å². The van der Waals surface area contributed by atoms with Crippen LogP contribution in [0.1, 0.15) is 5.56 Å². The van der Waals surface area contributed by atoms with E-state index in [0.29, 0.717) is 5.82 Å². The van der Waals surface area contributed by atoms with Gasteiger partial charge in [-0.1, -0.05) is 6.07 Å². The number of imide groups is 1. The molecule has 8 nitrogen and oxygen atoms in total. The van der Waals surface area contributed by atoms with Crippen LogP contribution in [0.5, 0.6) is 0 Å². The summed E-state index contributed by atoms with van der Waals surface area (Å²) in [6.45, 7) is -0.231. The number of halogens is 3. The minimum absolute atomic E-state index is 0.173. The molecule has 138 valence electrons. The number of hydrogen-bond donors (Lipinski definition) is 3. The van der Waals surface area contributed by atoms with Gasteiger partial charge in [0, 0.05) is 6.20 Å². The molecule has 0 saturated carbocycles. The number of nitrogens with zero attached hydrogens (tertiary/aromatic N) is 2. The van der Waals surface area contributed by atoms with E-state index in [-0.39, 0.29) is 13.1 Å². The van der Waals surface area contributed by atoms with Crippen LogP contribution in [0.4, 0.5) is 23.8 Å². The van der Waals surface area contributed by atoms with Gasteiger partial charge in [-0.25, -0.2) is 9.78 Å². The Morgan fingerprint density at radius 1 is 1.16 bits per heavy atom. The number of likely N-dealkylation sites (N-methyl/N-ethyl adjacent to an activating group) is 1. The highest BCUT2D eigenvalue weighted by Crippen LogP contribution is 2.11. The van der Waals surface area contributed by atoms with E-state index in [1.165, 1.54) is 17.3 Å². The van der Waals surface area contributed by atoms with E-state index in [1.54, 1.807) is 23.6 Å². The van der Waals surface area contributed by atoms with Gasteiger partial charge in [0.05, 0.1) is 13.1 Å². The molecule has 0 aliphatic carbocycles. The Morgan fingerprint density at radius 2 is 1.80 bits per heavy atom. The standard InChI is InChI=1S/C14H18F3N5O3/c1-9-3-4-10(18-5-9)20-11(23)6-22(2)7-12(24)21-13(25)19-8-14(15,16)17/h3-5H,6-8H2,1-2H3,(H,18,20,23)(H2,19,21,24,25). The van der Waals surface area contributed by atoms with Gasteiger partial charge < -0.3 is 10.6 Å². The summed E-state index contributed by atoms with van der Waals surface area (Å²) in [5.41, 5.74) is 0.926. The summed E-state index contributed by atoms with van der Waals surface area (Å²) in [5.74, 6) is -0.934. The van der Waals surface area contributed by atoms with Crippen molar-refractivity contribution in [1.82, 2.24) is 20.5 Å². The Labute approximate surface area is 141 Å². The molecule has 0 atom stereocenters. The molecular weight excluding hydrogens is 343 g/mol. The summed E-state index contributed by atoms with van der Waals surface area (Å²) in [6.07, 6.45) is -2.99. The number of nitrogens with one attached hydrogen (secondary N) is 3. The average molecular weight is 361 g/mol. The maximum atomic E-state index is 11.9. The number of rotatable bonds is 6. The van der Waals surface area contributed by atoms with Crippen molar-refractivity contribution in [3.8, 4) is 0 Å². The molecule has 3 N–H and O–H groups in total. The van der Waals surface area contributed by atoms with E-state index in [1.807, 2.05) is 6.92 Å².